The van der Waals surface area contributed by atoms with Gasteiger partial charge in [0.2, 0.25) is 0 Å². The first-order valence-electron chi connectivity index (χ1n) is 4.07. The van der Waals surface area contributed by atoms with E-state index >= 15 is 0 Å². The van der Waals surface area contributed by atoms with Crippen LogP contribution in [0.3, 0.4) is 0 Å². The molecule has 0 atom stereocenters. The molecule has 0 aliphatic rings. The summed E-state index contributed by atoms with van der Waals surface area (Å²) in [5, 5.41) is 19.6. The zero-order valence-corrected chi connectivity index (χ0v) is 8.06. The van der Waals surface area contributed by atoms with E-state index in [2.05, 4.69) is 9.72 Å². The van der Waals surface area contributed by atoms with Crippen LogP contribution in [0.25, 0.3) is 0 Å². The van der Waals surface area contributed by atoms with Crippen molar-refractivity contribution in [3.63, 3.8) is 0 Å². The molecule has 0 aliphatic heterocycles. The van der Waals surface area contributed by atoms with Gasteiger partial charge in [-0.1, -0.05) is 0 Å². The smallest absolute Gasteiger partial charge is 0.498 e. The topological polar surface area (TPSA) is 112 Å². The van der Waals surface area contributed by atoms with Crippen LogP contribution in [0.5, 0.6) is 11.5 Å². The molecule has 0 radical (unpaired) electrons. The zero-order chi connectivity index (χ0) is 13.2. The number of nitrogens with two attached hydrogens (primary N) is 1. The van der Waals surface area contributed by atoms with E-state index in [0.29, 0.717) is 0 Å². The number of hydrogen-bond acceptors (Lipinski definition) is 6. The third kappa shape index (κ3) is 2.93. The van der Waals surface area contributed by atoms with Crippen molar-refractivity contribution in [1.29, 1.82) is 0 Å². The first-order chi connectivity index (χ1) is 7.76. The highest BCUT2D eigenvalue weighted by Crippen LogP contribution is 2.39. The Balaban J connectivity index is 3.32. The van der Waals surface area contributed by atoms with Crippen molar-refractivity contribution in [3.05, 3.63) is 21.9 Å². The highest BCUT2D eigenvalue weighted by Gasteiger charge is 2.36. The summed E-state index contributed by atoms with van der Waals surface area (Å²) >= 11 is 0. The van der Waals surface area contributed by atoms with Gasteiger partial charge in [0.25, 0.3) is 5.75 Å². The van der Waals surface area contributed by atoms with E-state index in [1.54, 1.807) is 0 Å². The molecule has 94 valence electrons. The lowest BCUT2D eigenvalue weighted by Crippen LogP contribution is -2.19. The van der Waals surface area contributed by atoms with Gasteiger partial charge in [0.1, 0.15) is 6.20 Å². The van der Waals surface area contributed by atoms with E-state index in [1.807, 2.05) is 0 Å². The molecule has 0 aliphatic carbocycles. The molecule has 1 rings (SSSR count). The number of alkyl halides is 3. The maximum Gasteiger partial charge on any atom is 0.573 e. The molecule has 0 saturated carbocycles. The van der Waals surface area contributed by atoms with Crippen LogP contribution in [0.2, 0.25) is 0 Å². The van der Waals surface area contributed by atoms with E-state index < -0.39 is 35.1 Å². The Labute approximate surface area is 91.8 Å². The van der Waals surface area contributed by atoms with Crippen molar-refractivity contribution in [2.45, 2.75) is 12.9 Å². The number of hydrogen-bond donors (Lipinski definition) is 2. The SMILES string of the molecule is NCc1cnc([N+](=O)[O-])c(O)c1OC(F)(F)F. The first kappa shape index (κ1) is 13.0. The van der Waals surface area contributed by atoms with Crippen LogP contribution in [0, 0.1) is 10.1 Å². The van der Waals surface area contributed by atoms with Crippen LogP contribution in [0.1, 0.15) is 5.56 Å². The number of nitro groups is 1. The van der Waals surface area contributed by atoms with Gasteiger partial charge in [0.15, 0.2) is 5.75 Å². The van der Waals surface area contributed by atoms with E-state index in [4.69, 9.17) is 5.73 Å². The van der Waals surface area contributed by atoms with Gasteiger partial charge in [0, 0.05) is 6.54 Å². The maximum absolute atomic E-state index is 12.0. The lowest BCUT2D eigenvalue weighted by atomic mass is 10.2. The fraction of sp³-hybridized carbons (Fsp3) is 0.286. The molecular formula is C7H6F3N3O4. The molecule has 0 fully saturated rings. The van der Waals surface area contributed by atoms with Gasteiger partial charge in [0.05, 0.1) is 5.56 Å². The van der Waals surface area contributed by atoms with Crippen LogP contribution in [0.15, 0.2) is 6.20 Å². The Morgan fingerprint density at radius 3 is 2.59 bits per heavy atom. The van der Waals surface area contributed by atoms with Crippen LogP contribution in [-0.4, -0.2) is 21.4 Å². The average molecular weight is 253 g/mol. The van der Waals surface area contributed by atoms with Crippen molar-refractivity contribution in [2.75, 3.05) is 0 Å². The van der Waals surface area contributed by atoms with Crippen molar-refractivity contribution in [1.82, 2.24) is 4.98 Å². The number of rotatable bonds is 3. The Bertz CT molecular complexity index is 449. The predicted molar refractivity (Wildman–Crippen MR) is 47.1 cm³/mol. The molecule has 1 aromatic heterocycles. The number of aromatic hydroxyl groups is 1. The Morgan fingerprint density at radius 1 is 1.59 bits per heavy atom. The second-order valence-electron chi connectivity index (χ2n) is 2.79. The van der Waals surface area contributed by atoms with Gasteiger partial charge in [-0.05, 0) is 9.91 Å². The molecule has 1 heterocycles. The number of ether oxygens (including phenoxy) is 1. The van der Waals surface area contributed by atoms with Gasteiger partial charge in [-0.2, -0.15) is 0 Å². The molecule has 0 spiro atoms. The molecule has 17 heavy (non-hydrogen) atoms. The number of pyridine rings is 1. The lowest BCUT2D eigenvalue weighted by Gasteiger charge is -2.12. The quantitative estimate of drug-likeness (QED) is 0.615. The molecule has 0 saturated heterocycles. The summed E-state index contributed by atoms with van der Waals surface area (Å²) in [6.45, 7) is -0.427. The number of halogens is 3. The average Bonchev–Trinajstić information content (AvgIpc) is 2.18. The lowest BCUT2D eigenvalue weighted by molar-refractivity contribution is -0.390. The number of aromatic nitrogens is 1. The van der Waals surface area contributed by atoms with Gasteiger partial charge in [-0.25, -0.2) is 0 Å². The normalized spacial score (nSPS) is 11.3. The summed E-state index contributed by atoms with van der Waals surface area (Å²) in [6.07, 6.45) is -4.37. The van der Waals surface area contributed by atoms with Crippen LogP contribution in [-0.2, 0) is 6.54 Å². The summed E-state index contributed by atoms with van der Waals surface area (Å²) in [5.41, 5.74) is 4.80. The largest absolute Gasteiger partial charge is 0.573 e. The minimum absolute atomic E-state index is 0.301. The Morgan fingerprint density at radius 2 is 2.18 bits per heavy atom. The van der Waals surface area contributed by atoms with E-state index in [0.717, 1.165) is 6.20 Å². The van der Waals surface area contributed by atoms with E-state index in [-0.39, 0.29) is 5.56 Å². The molecule has 0 unspecified atom stereocenters. The van der Waals surface area contributed by atoms with Crippen molar-refractivity contribution >= 4 is 5.82 Å². The predicted octanol–water partition coefficient (Wildman–Crippen LogP) is 1.05. The van der Waals surface area contributed by atoms with E-state index in [9.17, 15) is 28.4 Å². The highest BCUT2D eigenvalue weighted by molar-refractivity contribution is 5.53. The molecule has 0 aromatic carbocycles. The van der Waals surface area contributed by atoms with Crippen LogP contribution < -0.4 is 10.5 Å². The molecule has 1 aromatic rings. The van der Waals surface area contributed by atoms with Crippen molar-refractivity contribution < 1.29 is 27.9 Å². The first-order valence-corrected chi connectivity index (χ1v) is 4.07. The standard InChI is InChI=1S/C7H6F3N3O4/c8-7(9,10)17-5-3(1-11)2-12-6(4(5)14)13(15)16/h2,14H,1,11H2. The Hall–Kier alpha value is -2.10. The molecular weight excluding hydrogens is 247 g/mol. The van der Waals surface area contributed by atoms with Crippen molar-refractivity contribution in [3.8, 4) is 11.5 Å². The monoisotopic (exact) mass is 253 g/mol. The summed E-state index contributed by atoms with van der Waals surface area (Å²) in [4.78, 5) is 12.4. The summed E-state index contributed by atoms with van der Waals surface area (Å²) in [7, 11) is 0. The highest BCUT2D eigenvalue weighted by atomic mass is 19.4. The molecule has 7 nitrogen and oxygen atoms in total. The minimum Gasteiger partial charge on any atom is -0.498 e. The molecule has 10 heteroatoms. The number of nitrogens with zero attached hydrogens (tertiary/aromatic N) is 2. The van der Waals surface area contributed by atoms with Crippen LogP contribution in [0.4, 0.5) is 19.0 Å². The second-order valence-corrected chi connectivity index (χ2v) is 2.79. The summed E-state index contributed by atoms with van der Waals surface area (Å²) < 4.78 is 39.5. The maximum atomic E-state index is 12.0. The van der Waals surface area contributed by atoms with Gasteiger partial charge < -0.3 is 25.7 Å². The van der Waals surface area contributed by atoms with Gasteiger partial charge >= 0.3 is 12.2 Å². The van der Waals surface area contributed by atoms with E-state index in [1.165, 1.54) is 0 Å². The van der Waals surface area contributed by atoms with Crippen molar-refractivity contribution in [2.24, 2.45) is 5.73 Å². The Kier molecular flexibility index (Phi) is 3.36. The fourth-order valence-electron chi connectivity index (χ4n) is 1.02. The molecule has 0 amide bonds. The second kappa shape index (κ2) is 4.41. The summed E-state index contributed by atoms with van der Waals surface area (Å²) in [5.74, 6) is -3.56. The zero-order valence-electron chi connectivity index (χ0n) is 8.06. The third-order valence-corrected chi connectivity index (χ3v) is 1.67. The summed E-state index contributed by atoms with van der Waals surface area (Å²) in [6, 6.07) is 0. The fourth-order valence-corrected chi connectivity index (χ4v) is 1.02. The minimum atomic E-state index is -5.10. The van der Waals surface area contributed by atoms with Gasteiger partial charge in [-0.15, -0.1) is 13.2 Å². The third-order valence-electron chi connectivity index (χ3n) is 1.67. The van der Waals surface area contributed by atoms with Crippen LogP contribution >= 0.6 is 0 Å². The van der Waals surface area contributed by atoms with Gasteiger partial charge in [-0.3, -0.25) is 0 Å². The molecule has 0 bridgehead atoms. The molecule has 3 N–H and O–H groups in total.